The highest BCUT2D eigenvalue weighted by Gasteiger charge is 2.14. The first kappa shape index (κ1) is 15.8. The van der Waals surface area contributed by atoms with Gasteiger partial charge in [0.1, 0.15) is 0 Å². The van der Waals surface area contributed by atoms with Gasteiger partial charge in [-0.05, 0) is 38.0 Å². The molecule has 0 bridgehead atoms. The summed E-state index contributed by atoms with van der Waals surface area (Å²) in [5.41, 5.74) is 3.27. The SMILES string of the molecule is Cc1cccc(-n2ncc(C(=O)NCCCC(=O)O)c2C)c1. The Morgan fingerprint density at radius 1 is 1.32 bits per heavy atom. The number of amides is 1. The molecule has 0 aliphatic rings. The van der Waals surface area contributed by atoms with E-state index in [0.29, 0.717) is 18.5 Å². The van der Waals surface area contributed by atoms with Gasteiger partial charge < -0.3 is 10.4 Å². The topological polar surface area (TPSA) is 84.2 Å². The van der Waals surface area contributed by atoms with Gasteiger partial charge in [0, 0.05) is 13.0 Å². The van der Waals surface area contributed by atoms with Crippen LogP contribution < -0.4 is 5.32 Å². The number of carboxylic acids is 1. The van der Waals surface area contributed by atoms with Gasteiger partial charge in [-0.3, -0.25) is 9.59 Å². The molecular weight excluding hydrogens is 282 g/mol. The molecular formula is C16H19N3O3. The Balaban J connectivity index is 2.07. The monoisotopic (exact) mass is 301 g/mol. The molecule has 0 saturated carbocycles. The van der Waals surface area contributed by atoms with Crippen molar-refractivity contribution in [2.24, 2.45) is 0 Å². The van der Waals surface area contributed by atoms with Crippen LogP contribution in [0.25, 0.3) is 5.69 Å². The maximum Gasteiger partial charge on any atom is 0.303 e. The number of hydrogen-bond acceptors (Lipinski definition) is 3. The number of aromatic nitrogens is 2. The van der Waals surface area contributed by atoms with E-state index >= 15 is 0 Å². The van der Waals surface area contributed by atoms with E-state index in [9.17, 15) is 9.59 Å². The van der Waals surface area contributed by atoms with E-state index in [1.807, 2.05) is 38.1 Å². The summed E-state index contributed by atoms with van der Waals surface area (Å²) < 4.78 is 1.72. The molecule has 0 spiro atoms. The Labute approximate surface area is 128 Å². The second kappa shape index (κ2) is 6.89. The number of benzene rings is 1. The van der Waals surface area contributed by atoms with Gasteiger partial charge in [0.15, 0.2) is 0 Å². The van der Waals surface area contributed by atoms with Crippen LogP contribution in [0.3, 0.4) is 0 Å². The number of aryl methyl sites for hydroxylation is 1. The van der Waals surface area contributed by atoms with Crippen molar-refractivity contribution in [2.45, 2.75) is 26.7 Å². The molecule has 2 aromatic rings. The smallest absolute Gasteiger partial charge is 0.303 e. The van der Waals surface area contributed by atoms with Crippen molar-refractivity contribution in [1.82, 2.24) is 15.1 Å². The van der Waals surface area contributed by atoms with Crippen LogP contribution in [0, 0.1) is 13.8 Å². The summed E-state index contributed by atoms with van der Waals surface area (Å²) >= 11 is 0. The summed E-state index contributed by atoms with van der Waals surface area (Å²) in [7, 11) is 0. The molecule has 2 rings (SSSR count). The number of aliphatic carboxylic acids is 1. The average molecular weight is 301 g/mol. The van der Waals surface area contributed by atoms with Crippen molar-refractivity contribution in [3.8, 4) is 5.69 Å². The summed E-state index contributed by atoms with van der Waals surface area (Å²) in [5.74, 6) is -1.10. The second-order valence-electron chi connectivity index (χ2n) is 5.15. The van der Waals surface area contributed by atoms with Crippen LogP contribution in [-0.4, -0.2) is 33.3 Å². The molecule has 0 aliphatic carbocycles. The first-order valence-electron chi connectivity index (χ1n) is 7.10. The van der Waals surface area contributed by atoms with Crippen LogP contribution >= 0.6 is 0 Å². The molecule has 0 atom stereocenters. The van der Waals surface area contributed by atoms with Gasteiger partial charge in [-0.2, -0.15) is 5.10 Å². The van der Waals surface area contributed by atoms with Crippen molar-refractivity contribution in [1.29, 1.82) is 0 Å². The van der Waals surface area contributed by atoms with E-state index in [4.69, 9.17) is 5.11 Å². The normalized spacial score (nSPS) is 10.5. The number of nitrogens with zero attached hydrogens (tertiary/aromatic N) is 2. The van der Waals surface area contributed by atoms with Gasteiger partial charge in [0.25, 0.3) is 5.91 Å². The molecule has 0 fully saturated rings. The lowest BCUT2D eigenvalue weighted by Crippen LogP contribution is -2.25. The highest BCUT2D eigenvalue weighted by Crippen LogP contribution is 2.15. The van der Waals surface area contributed by atoms with E-state index < -0.39 is 5.97 Å². The van der Waals surface area contributed by atoms with Gasteiger partial charge in [-0.15, -0.1) is 0 Å². The molecule has 0 aliphatic heterocycles. The molecule has 0 radical (unpaired) electrons. The van der Waals surface area contributed by atoms with Crippen LogP contribution in [0.15, 0.2) is 30.5 Å². The van der Waals surface area contributed by atoms with Gasteiger partial charge >= 0.3 is 5.97 Å². The van der Waals surface area contributed by atoms with E-state index in [0.717, 1.165) is 16.9 Å². The van der Waals surface area contributed by atoms with E-state index in [2.05, 4.69) is 10.4 Å². The average Bonchev–Trinajstić information content (AvgIpc) is 2.85. The number of carbonyl (C=O) groups is 2. The van der Waals surface area contributed by atoms with Gasteiger partial charge in [-0.1, -0.05) is 12.1 Å². The fourth-order valence-electron chi connectivity index (χ4n) is 2.19. The third-order valence-corrected chi connectivity index (χ3v) is 3.35. The first-order valence-corrected chi connectivity index (χ1v) is 7.10. The van der Waals surface area contributed by atoms with Crippen LogP contribution in [-0.2, 0) is 4.79 Å². The van der Waals surface area contributed by atoms with E-state index in [-0.39, 0.29) is 12.3 Å². The van der Waals surface area contributed by atoms with Gasteiger partial charge in [0.05, 0.1) is 23.1 Å². The lowest BCUT2D eigenvalue weighted by atomic mass is 10.2. The Morgan fingerprint density at radius 3 is 2.77 bits per heavy atom. The minimum absolute atomic E-state index is 0.0435. The maximum atomic E-state index is 12.1. The van der Waals surface area contributed by atoms with E-state index in [1.54, 1.807) is 4.68 Å². The minimum Gasteiger partial charge on any atom is -0.481 e. The molecule has 0 saturated heterocycles. The molecule has 6 nitrogen and oxygen atoms in total. The standard InChI is InChI=1S/C16H19N3O3/c1-11-5-3-6-13(9-11)19-12(2)14(10-18-19)16(22)17-8-4-7-15(20)21/h3,5-6,9-10H,4,7-8H2,1-2H3,(H,17,22)(H,20,21). The summed E-state index contributed by atoms with van der Waals surface area (Å²) in [4.78, 5) is 22.5. The number of carboxylic acid groups (broad SMARTS) is 1. The quantitative estimate of drug-likeness (QED) is 0.800. The molecule has 2 N–H and O–H groups in total. The van der Waals surface area contributed by atoms with Crippen molar-refractivity contribution < 1.29 is 14.7 Å². The van der Waals surface area contributed by atoms with E-state index in [1.165, 1.54) is 6.20 Å². The molecule has 1 amide bonds. The predicted octanol–water partition coefficient (Wildman–Crippen LogP) is 2.08. The van der Waals surface area contributed by atoms with Crippen molar-refractivity contribution >= 4 is 11.9 Å². The molecule has 0 unspecified atom stereocenters. The largest absolute Gasteiger partial charge is 0.481 e. The number of hydrogen-bond donors (Lipinski definition) is 2. The third kappa shape index (κ3) is 3.72. The Morgan fingerprint density at radius 2 is 2.09 bits per heavy atom. The summed E-state index contributed by atoms with van der Waals surface area (Å²) in [6.45, 7) is 4.17. The van der Waals surface area contributed by atoms with Crippen LogP contribution in [0.5, 0.6) is 0 Å². The fraction of sp³-hybridized carbons (Fsp3) is 0.312. The maximum absolute atomic E-state index is 12.1. The zero-order valence-electron chi connectivity index (χ0n) is 12.7. The summed E-state index contributed by atoms with van der Waals surface area (Å²) in [5, 5.41) is 15.5. The van der Waals surface area contributed by atoms with Crippen LogP contribution in [0.4, 0.5) is 0 Å². The molecule has 6 heteroatoms. The predicted molar refractivity (Wildman–Crippen MR) is 82.2 cm³/mol. The highest BCUT2D eigenvalue weighted by molar-refractivity contribution is 5.95. The number of nitrogens with one attached hydrogen (secondary N) is 1. The van der Waals surface area contributed by atoms with Crippen LogP contribution in [0.2, 0.25) is 0 Å². The molecule has 22 heavy (non-hydrogen) atoms. The Bertz CT molecular complexity index is 692. The van der Waals surface area contributed by atoms with Crippen molar-refractivity contribution in [3.05, 3.63) is 47.3 Å². The first-order chi connectivity index (χ1) is 10.5. The Kier molecular flexibility index (Phi) is 4.93. The van der Waals surface area contributed by atoms with Crippen molar-refractivity contribution in [2.75, 3.05) is 6.54 Å². The zero-order chi connectivity index (χ0) is 16.1. The van der Waals surface area contributed by atoms with Gasteiger partial charge in [-0.25, -0.2) is 4.68 Å². The second-order valence-corrected chi connectivity index (χ2v) is 5.15. The highest BCUT2D eigenvalue weighted by atomic mass is 16.4. The summed E-state index contributed by atoms with van der Waals surface area (Å²) in [6, 6.07) is 7.87. The van der Waals surface area contributed by atoms with Crippen molar-refractivity contribution in [3.63, 3.8) is 0 Å². The summed E-state index contributed by atoms with van der Waals surface area (Å²) in [6.07, 6.45) is 1.98. The molecule has 1 aromatic heterocycles. The number of rotatable bonds is 6. The third-order valence-electron chi connectivity index (χ3n) is 3.35. The fourth-order valence-corrected chi connectivity index (χ4v) is 2.19. The lowest BCUT2D eigenvalue weighted by molar-refractivity contribution is -0.137. The lowest BCUT2D eigenvalue weighted by Gasteiger charge is -2.07. The zero-order valence-corrected chi connectivity index (χ0v) is 12.7. The molecule has 1 aromatic carbocycles. The molecule has 1 heterocycles. The Hall–Kier alpha value is -2.63. The minimum atomic E-state index is -0.863. The number of carbonyl (C=O) groups excluding carboxylic acids is 1. The van der Waals surface area contributed by atoms with Crippen LogP contribution in [0.1, 0.15) is 34.5 Å². The van der Waals surface area contributed by atoms with Gasteiger partial charge in [0.2, 0.25) is 0 Å². The molecule has 116 valence electrons.